The molecule has 0 unspecified atom stereocenters. The van der Waals surface area contributed by atoms with Gasteiger partial charge in [0.05, 0.1) is 5.56 Å². The number of amides is 1. The number of aromatic nitrogens is 2. The quantitative estimate of drug-likeness (QED) is 0.170. The van der Waals surface area contributed by atoms with Gasteiger partial charge < -0.3 is 20.3 Å². The Labute approximate surface area is 243 Å². The Balaban J connectivity index is 1.20. The second-order valence-corrected chi connectivity index (χ2v) is 12.5. The lowest BCUT2D eigenvalue weighted by Crippen LogP contribution is -2.43. The molecule has 2 fully saturated rings. The lowest BCUT2D eigenvalue weighted by Gasteiger charge is -2.32. The summed E-state index contributed by atoms with van der Waals surface area (Å²) in [6.45, 7) is 9.70. The molecule has 1 aliphatic carbocycles. The zero-order valence-electron chi connectivity index (χ0n) is 24.7. The van der Waals surface area contributed by atoms with Crippen molar-refractivity contribution in [1.29, 1.82) is 0 Å². The number of carbonyl (C=O) groups is 2. The minimum absolute atomic E-state index is 0.0856. The number of ether oxygens (including phenoxy) is 1. The van der Waals surface area contributed by atoms with Crippen molar-refractivity contribution in [2.24, 2.45) is 5.41 Å². The van der Waals surface area contributed by atoms with E-state index in [1.807, 2.05) is 0 Å². The number of nitrogens with zero attached hydrogens (tertiary/aromatic N) is 3. The molecule has 1 amide bonds. The molecule has 1 aliphatic heterocycles. The third-order valence-corrected chi connectivity index (χ3v) is 8.00. The van der Waals surface area contributed by atoms with Gasteiger partial charge in [0.15, 0.2) is 0 Å². The second-order valence-electron chi connectivity index (χ2n) is 12.5. The molecule has 2 heterocycles. The fraction of sp³-hybridized carbons (Fsp3) is 0.613. The van der Waals surface area contributed by atoms with E-state index in [4.69, 9.17) is 9.94 Å². The molecule has 4 N–H and O–H groups in total. The topological polar surface area (TPSA) is 129 Å². The predicted octanol–water partition coefficient (Wildman–Crippen LogP) is 4.12. The smallest absolute Gasteiger partial charge is 0.323 e. The van der Waals surface area contributed by atoms with Crippen molar-refractivity contribution in [3.8, 4) is 0 Å². The summed E-state index contributed by atoms with van der Waals surface area (Å²) >= 11 is 0. The van der Waals surface area contributed by atoms with Gasteiger partial charge in [0.25, 0.3) is 5.91 Å². The fourth-order valence-corrected chi connectivity index (χ4v) is 5.36. The van der Waals surface area contributed by atoms with Crippen molar-refractivity contribution < 1.29 is 19.5 Å². The molecule has 0 bridgehead atoms. The van der Waals surface area contributed by atoms with Gasteiger partial charge in [-0.3, -0.25) is 14.8 Å². The molecule has 0 spiro atoms. The normalized spacial score (nSPS) is 17.4. The SMILES string of the molecule is CC(C)(C)CC[C@H](NCc1ccc(CNC2CCN(c3ncc(C(=O)NO)cn3)CC2)cc1)C(=O)OC1CCCC1. The van der Waals surface area contributed by atoms with Gasteiger partial charge in [-0.2, -0.15) is 0 Å². The molecular formula is C31H46N6O4. The van der Waals surface area contributed by atoms with Gasteiger partial charge in [-0.25, -0.2) is 15.4 Å². The highest BCUT2D eigenvalue weighted by Gasteiger charge is 2.27. The van der Waals surface area contributed by atoms with E-state index in [1.54, 1.807) is 5.48 Å². The van der Waals surface area contributed by atoms with E-state index in [0.29, 0.717) is 18.5 Å². The molecule has 1 atom stereocenters. The minimum atomic E-state index is -0.622. The van der Waals surface area contributed by atoms with Crippen LogP contribution in [0.1, 0.15) is 93.6 Å². The number of esters is 1. The van der Waals surface area contributed by atoms with Gasteiger partial charge in [-0.05, 0) is 67.9 Å². The number of rotatable bonds is 12. The molecule has 1 aromatic heterocycles. The molecule has 10 heteroatoms. The van der Waals surface area contributed by atoms with Gasteiger partial charge in [0.2, 0.25) is 5.95 Å². The number of nitrogens with one attached hydrogen (secondary N) is 3. The number of anilines is 1. The van der Waals surface area contributed by atoms with Crippen LogP contribution < -0.4 is 21.0 Å². The van der Waals surface area contributed by atoms with Crippen LogP contribution >= 0.6 is 0 Å². The molecule has 224 valence electrons. The van der Waals surface area contributed by atoms with Crippen molar-refractivity contribution in [3.05, 3.63) is 53.3 Å². The van der Waals surface area contributed by atoms with Crippen molar-refractivity contribution >= 4 is 17.8 Å². The maximum absolute atomic E-state index is 13.0. The van der Waals surface area contributed by atoms with E-state index in [2.05, 4.69) is 70.5 Å². The molecule has 4 rings (SSSR count). The maximum Gasteiger partial charge on any atom is 0.323 e. The minimum Gasteiger partial charge on any atom is -0.461 e. The number of hydrogen-bond acceptors (Lipinski definition) is 9. The average Bonchev–Trinajstić information content (AvgIpc) is 3.49. The second kappa shape index (κ2) is 14.7. The molecule has 41 heavy (non-hydrogen) atoms. The van der Waals surface area contributed by atoms with Gasteiger partial charge in [-0.15, -0.1) is 0 Å². The van der Waals surface area contributed by atoms with Crippen LogP contribution in [0.3, 0.4) is 0 Å². The van der Waals surface area contributed by atoms with Gasteiger partial charge in [-0.1, -0.05) is 45.0 Å². The van der Waals surface area contributed by atoms with Gasteiger partial charge in [0, 0.05) is 44.6 Å². The largest absolute Gasteiger partial charge is 0.461 e. The first kappa shape index (κ1) is 30.9. The van der Waals surface area contributed by atoms with Crippen LogP contribution in [-0.4, -0.2) is 58.3 Å². The Morgan fingerprint density at radius 2 is 1.61 bits per heavy atom. The Morgan fingerprint density at radius 3 is 2.20 bits per heavy atom. The number of benzene rings is 1. The summed E-state index contributed by atoms with van der Waals surface area (Å²) in [7, 11) is 0. The van der Waals surface area contributed by atoms with E-state index in [0.717, 1.165) is 76.6 Å². The fourth-order valence-electron chi connectivity index (χ4n) is 5.36. The summed E-state index contributed by atoms with van der Waals surface area (Å²) in [4.78, 5) is 35.1. The number of hydroxylamine groups is 1. The molecule has 1 aromatic carbocycles. The Hall–Kier alpha value is -3.08. The van der Waals surface area contributed by atoms with E-state index < -0.39 is 5.91 Å². The van der Waals surface area contributed by atoms with Gasteiger partial charge >= 0.3 is 5.97 Å². The van der Waals surface area contributed by atoms with Crippen LogP contribution in [0.25, 0.3) is 0 Å². The summed E-state index contributed by atoms with van der Waals surface area (Å²) in [5.41, 5.74) is 4.35. The highest BCUT2D eigenvalue weighted by molar-refractivity contribution is 5.92. The highest BCUT2D eigenvalue weighted by atomic mass is 16.5. The molecule has 2 aromatic rings. The van der Waals surface area contributed by atoms with Crippen molar-refractivity contribution in [1.82, 2.24) is 26.1 Å². The Morgan fingerprint density at radius 1 is 1.00 bits per heavy atom. The van der Waals surface area contributed by atoms with Crippen LogP contribution in [0.5, 0.6) is 0 Å². The lowest BCUT2D eigenvalue weighted by molar-refractivity contribution is -0.151. The third-order valence-electron chi connectivity index (χ3n) is 8.00. The van der Waals surface area contributed by atoms with Crippen LogP contribution in [0.15, 0.2) is 36.7 Å². The molecule has 2 aliphatic rings. The summed E-state index contributed by atoms with van der Waals surface area (Å²) in [5, 5.41) is 15.9. The van der Waals surface area contributed by atoms with E-state index in [-0.39, 0.29) is 29.1 Å². The number of hydrogen-bond donors (Lipinski definition) is 4. The van der Waals surface area contributed by atoms with Crippen LogP contribution in [0.2, 0.25) is 0 Å². The molecule has 0 radical (unpaired) electrons. The first-order valence-electron chi connectivity index (χ1n) is 15.0. The summed E-state index contributed by atoms with van der Waals surface area (Å²) < 4.78 is 5.84. The average molecular weight is 567 g/mol. The van der Waals surface area contributed by atoms with Crippen LogP contribution in [0, 0.1) is 5.41 Å². The number of carbonyl (C=O) groups excluding carboxylic acids is 2. The van der Waals surface area contributed by atoms with Crippen LogP contribution in [0.4, 0.5) is 5.95 Å². The summed E-state index contributed by atoms with van der Waals surface area (Å²) in [5.74, 6) is -0.136. The van der Waals surface area contributed by atoms with Crippen LogP contribution in [-0.2, 0) is 22.6 Å². The zero-order chi connectivity index (χ0) is 29.2. The predicted molar refractivity (Wildman–Crippen MR) is 157 cm³/mol. The van der Waals surface area contributed by atoms with Gasteiger partial charge in [0.1, 0.15) is 12.1 Å². The zero-order valence-corrected chi connectivity index (χ0v) is 24.7. The monoisotopic (exact) mass is 566 g/mol. The molecular weight excluding hydrogens is 520 g/mol. The van der Waals surface area contributed by atoms with Crippen molar-refractivity contribution in [2.45, 2.75) is 103 Å². The molecule has 10 nitrogen and oxygen atoms in total. The van der Waals surface area contributed by atoms with E-state index in [1.165, 1.54) is 18.0 Å². The first-order chi connectivity index (χ1) is 19.7. The molecule has 1 saturated carbocycles. The lowest BCUT2D eigenvalue weighted by atomic mass is 9.88. The Bertz CT molecular complexity index is 1100. The summed E-state index contributed by atoms with van der Waals surface area (Å²) in [6.07, 6.45) is 10.9. The summed E-state index contributed by atoms with van der Waals surface area (Å²) in [6, 6.07) is 8.68. The van der Waals surface area contributed by atoms with E-state index >= 15 is 0 Å². The third kappa shape index (κ3) is 9.76. The van der Waals surface area contributed by atoms with Crippen molar-refractivity contribution in [3.63, 3.8) is 0 Å². The highest BCUT2D eigenvalue weighted by Crippen LogP contribution is 2.25. The van der Waals surface area contributed by atoms with Crippen molar-refractivity contribution in [2.75, 3.05) is 18.0 Å². The maximum atomic E-state index is 13.0. The number of piperidine rings is 1. The molecule has 1 saturated heterocycles. The van der Waals surface area contributed by atoms with E-state index in [9.17, 15) is 9.59 Å². The standard InChI is InChI=1S/C31H46N6O4/c1-31(2,3)15-12-27(29(39)41-26-6-4-5-7-26)33-19-23-10-8-22(9-11-23)18-32-25-13-16-37(17-14-25)30-34-20-24(21-35-30)28(38)36-40/h8-11,20-21,25-27,32-33,40H,4-7,12-19H2,1-3H3,(H,36,38)/t27-/m0/s1. The first-order valence-corrected chi connectivity index (χ1v) is 15.0. The Kier molecular flexibility index (Phi) is 11.1.